The van der Waals surface area contributed by atoms with E-state index in [4.69, 9.17) is 9.47 Å². The van der Waals surface area contributed by atoms with E-state index in [2.05, 4.69) is 15.6 Å². The van der Waals surface area contributed by atoms with Crippen molar-refractivity contribution in [2.45, 2.75) is 13.0 Å². The van der Waals surface area contributed by atoms with Crippen LogP contribution in [0.3, 0.4) is 0 Å². The third-order valence-corrected chi connectivity index (χ3v) is 4.09. The van der Waals surface area contributed by atoms with Gasteiger partial charge in [0.05, 0.1) is 0 Å². The summed E-state index contributed by atoms with van der Waals surface area (Å²) in [4.78, 5) is 41.5. The summed E-state index contributed by atoms with van der Waals surface area (Å²) in [7, 11) is 0. The van der Waals surface area contributed by atoms with Crippen LogP contribution in [0.5, 0.6) is 11.6 Å². The van der Waals surface area contributed by atoms with Gasteiger partial charge in [-0.15, -0.1) is 0 Å². The van der Waals surface area contributed by atoms with Gasteiger partial charge in [-0.3, -0.25) is 10.1 Å². The van der Waals surface area contributed by atoms with Crippen LogP contribution in [0.2, 0.25) is 0 Å². The molecule has 3 rings (SSSR count). The number of esters is 1. The minimum absolute atomic E-state index is 0.0367. The second-order valence-corrected chi connectivity index (χ2v) is 6.32. The first-order chi connectivity index (χ1) is 15.1. The lowest BCUT2D eigenvalue weighted by molar-refractivity contribution is -0.129. The molecule has 1 aromatic heterocycles. The fourth-order valence-corrected chi connectivity index (χ4v) is 2.68. The quantitative estimate of drug-likeness (QED) is 0.567. The number of hydrogen-bond donors (Lipinski definition) is 2. The molecule has 2 aromatic carbocycles. The summed E-state index contributed by atoms with van der Waals surface area (Å²) >= 11 is 0. The fraction of sp³-hybridized carbons (Fsp3) is 0.130. The molecule has 2 N–H and O–H groups in total. The van der Waals surface area contributed by atoms with Gasteiger partial charge in [-0.25, -0.2) is 14.6 Å². The van der Waals surface area contributed by atoms with Crippen LogP contribution in [0.1, 0.15) is 28.9 Å². The summed E-state index contributed by atoms with van der Waals surface area (Å²) in [5.41, 5.74) is 0.449. The van der Waals surface area contributed by atoms with E-state index in [1.807, 2.05) is 6.07 Å². The van der Waals surface area contributed by atoms with Crippen LogP contribution >= 0.6 is 0 Å². The van der Waals surface area contributed by atoms with E-state index in [0.29, 0.717) is 17.9 Å². The number of nitrogens with zero attached hydrogens (tertiary/aromatic N) is 1. The topological polar surface area (TPSA) is 107 Å². The predicted octanol–water partition coefficient (Wildman–Crippen LogP) is 3.62. The van der Waals surface area contributed by atoms with Crippen molar-refractivity contribution in [2.75, 3.05) is 6.54 Å². The van der Waals surface area contributed by atoms with Crippen molar-refractivity contribution >= 4 is 17.9 Å². The van der Waals surface area contributed by atoms with Crippen LogP contribution in [0.15, 0.2) is 79.0 Å². The maximum atomic E-state index is 12.9. The van der Waals surface area contributed by atoms with Gasteiger partial charge in [0.2, 0.25) is 12.0 Å². The molecular formula is C23H21N3O5. The van der Waals surface area contributed by atoms with Gasteiger partial charge in [0.1, 0.15) is 11.3 Å². The van der Waals surface area contributed by atoms with E-state index in [0.717, 1.165) is 0 Å². The number of rotatable bonds is 7. The molecule has 0 aliphatic carbocycles. The molecule has 0 saturated carbocycles. The SMILES string of the molecule is CCNC(=O)NC(=O)C(OC(=O)c1cccnc1Oc1ccccc1)c1ccccc1. The van der Waals surface area contributed by atoms with Gasteiger partial charge in [-0.1, -0.05) is 48.5 Å². The zero-order valence-corrected chi connectivity index (χ0v) is 16.8. The molecule has 1 heterocycles. The zero-order valence-electron chi connectivity index (χ0n) is 16.8. The van der Waals surface area contributed by atoms with Gasteiger partial charge in [0, 0.05) is 18.3 Å². The molecule has 8 nitrogen and oxygen atoms in total. The lowest BCUT2D eigenvalue weighted by Gasteiger charge is -2.18. The number of benzene rings is 2. The number of hydrogen-bond acceptors (Lipinski definition) is 6. The monoisotopic (exact) mass is 419 g/mol. The smallest absolute Gasteiger partial charge is 0.344 e. The van der Waals surface area contributed by atoms with E-state index < -0.39 is 24.0 Å². The predicted molar refractivity (Wildman–Crippen MR) is 113 cm³/mol. The molecule has 0 fully saturated rings. The van der Waals surface area contributed by atoms with Crippen LogP contribution in [0, 0.1) is 0 Å². The second kappa shape index (κ2) is 10.5. The van der Waals surface area contributed by atoms with Gasteiger partial charge >= 0.3 is 12.0 Å². The van der Waals surface area contributed by atoms with Crippen molar-refractivity contribution in [2.24, 2.45) is 0 Å². The van der Waals surface area contributed by atoms with Crippen molar-refractivity contribution in [1.82, 2.24) is 15.6 Å². The Labute approximate surface area is 179 Å². The molecule has 0 aliphatic heterocycles. The molecule has 0 aliphatic rings. The van der Waals surface area contributed by atoms with Crippen LogP contribution < -0.4 is 15.4 Å². The van der Waals surface area contributed by atoms with Gasteiger partial charge in [0.25, 0.3) is 5.91 Å². The largest absolute Gasteiger partial charge is 0.444 e. The summed E-state index contributed by atoms with van der Waals surface area (Å²) in [5, 5.41) is 4.64. The Morgan fingerprint density at radius 2 is 1.61 bits per heavy atom. The molecule has 3 amide bonds. The van der Waals surface area contributed by atoms with Crippen LogP contribution in [-0.4, -0.2) is 29.4 Å². The summed E-state index contributed by atoms with van der Waals surface area (Å²) in [6, 6.07) is 19.6. The van der Waals surface area contributed by atoms with E-state index in [9.17, 15) is 14.4 Å². The number of aromatic nitrogens is 1. The third kappa shape index (κ3) is 5.89. The minimum Gasteiger partial charge on any atom is -0.444 e. The Bertz CT molecular complexity index is 1040. The minimum atomic E-state index is -1.35. The van der Waals surface area contributed by atoms with Gasteiger partial charge < -0.3 is 14.8 Å². The molecule has 158 valence electrons. The molecule has 0 saturated heterocycles. The summed E-state index contributed by atoms with van der Waals surface area (Å²) in [5.74, 6) is -1.07. The number of carbonyl (C=O) groups excluding carboxylic acids is 3. The van der Waals surface area contributed by atoms with Crippen molar-refractivity contribution in [3.05, 3.63) is 90.1 Å². The summed E-state index contributed by atoms with van der Waals surface area (Å²) in [6.45, 7) is 2.06. The molecular weight excluding hydrogens is 398 g/mol. The van der Waals surface area contributed by atoms with Crippen molar-refractivity contribution in [3.8, 4) is 11.6 Å². The average Bonchev–Trinajstić information content (AvgIpc) is 2.79. The van der Waals surface area contributed by atoms with Crippen molar-refractivity contribution < 1.29 is 23.9 Å². The van der Waals surface area contributed by atoms with Gasteiger partial charge in [-0.05, 0) is 31.2 Å². The fourth-order valence-electron chi connectivity index (χ4n) is 2.68. The number of amides is 3. The highest BCUT2D eigenvalue weighted by Crippen LogP contribution is 2.26. The summed E-state index contributed by atoms with van der Waals surface area (Å²) in [6.07, 6.45) is 0.131. The normalized spacial score (nSPS) is 11.1. The highest BCUT2D eigenvalue weighted by molar-refractivity contribution is 5.99. The highest BCUT2D eigenvalue weighted by atomic mass is 16.6. The number of pyridine rings is 1. The third-order valence-electron chi connectivity index (χ3n) is 4.09. The van der Waals surface area contributed by atoms with Crippen molar-refractivity contribution in [3.63, 3.8) is 0 Å². The number of imide groups is 1. The van der Waals surface area contributed by atoms with Crippen molar-refractivity contribution in [1.29, 1.82) is 0 Å². The number of ether oxygens (including phenoxy) is 2. The molecule has 0 radical (unpaired) electrons. The van der Waals surface area contributed by atoms with Crippen LogP contribution in [-0.2, 0) is 9.53 Å². The molecule has 0 bridgehead atoms. The maximum absolute atomic E-state index is 12.9. The van der Waals surface area contributed by atoms with Crippen LogP contribution in [0.4, 0.5) is 4.79 Å². The Balaban J connectivity index is 1.84. The Kier molecular flexibility index (Phi) is 7.31. The first kappa shape index (κ1) is 21.5. The van der Waals surface area contributed by atoms with Gasteiger partial charge in [-0.2, -0.15) is 0 Å². The lowest BCUT2D eigenvalue weighted by Crippen LogP contribution is -2.42. The van der Waals surface area contributed by atoms with E-state index >= 15 is 0 Å². The molecule has 31 heavy (non-hydrogen) atoms. The molecule has 1 atom stereocenters. The lowest BCUT2D eigenvalue weighted by atomic mass is 10.1. The zero-order chi connectivity index (χ0) is 22.1. The first-order valence-electron chi connectivity index (χ1n) is 9.61. The van der Waals surface area contributed by atoms with Gasteiger partial charge in [0.15, 0.2) is 0 Å². The number of urea groups is 1. The maximum Gasteiger partial charge on any atom is 0.344 e. The van der Waals surface area contributed by atoms with E-state index in [1.54, 1.807) is 67.6 Å². The molecule has 1 unspecified atom stereocenters. The van der Waals surface area contributed by atoms with E-state index in [1.165, 1.54) is 12.3 Å². The summed E-state index contributed by atoms with van der Waals surface area (Å²) < 4.78 is 11.2. The Morgan fingerprint density at radius 3 is 2.29 bits per heavy atom. The first-order valence-corrected chi connectivity index (χ1v) is 9.61. The average molecular weight is 419 g/mol. The van der Waals surface area contributed by atoms with Crippen LogP contribution in [0.25, 0.3) is 0 Å². The molecule has 0 spiro atoms. The molecule has 8 heteroatoms. The van der Waals surface area contributed by atoms with E-state index in [-0.39, 0.29) is 11.4 Å². The highest BCUT2D eigenvalue weighted by Gasteiger charge is 2.28. The number of carbonyl (C=O) groups is 3. The Hall–Kier alpha value is -4.20. The second-order valence-electron chi connectivity index (χ2n) is 6.32. The standard InChI is InChI=1S/C23H21N3O5/c1-2-24-23(29)26-20(27)19(16-10-5-3-6-11-16)31-22(28)18-14-9-15-25-21(18)30-17-12-7-4-8-13-17/h3-15,19H,2H2,1H3,(H2,24,26,27,29). The Morgan fingerprint density at radius 1 is 0.935 bits per heavy atom. The number of para-hydroxylation sites is 1. The number of nitrogens with one attached hydrogen (secondary N) is 2. The molecule has 3 aromatic rings.